The quantitative estimate of drug-likeness (QED) is 0.873. The van der Waals surface area contributed by atoms with E-state index in [1.807, 2.05) is 22.9 Å². The van der Waals surface area contributed by atoms with Crippen molar-refractivity contribution < 1.29 is 0 Å². The van der Waals surface area contributed by atoms with Crippen LogP contribution in [-0.2, 0) is 0 Å². The fraction of sp³-hybridized carbons (Fsp3) is 0.154. The van der Waals surface area contributed by atoms with E-state index in [2.05, 4.69) is 51.9 Å². The molecule has 3 nitrogen and oxygen atoms in total. The fourth-order valence-corrected chi connectivity index (χ4v) is 2.04. The minimum atomic E-state index is 0.695. The average Bonchev–Trinajstić information content (AvgIpc) is 2.77. The monoisotopic (exact) mass is 291 g/mol. The Morgan fingerprint density at radius 3 is 3.12 bits per heavy atom. The lowest BCUT2D eigenvalue weighted by atomic mass is 10.2. The van der Waals surface area contributed by atoms with E-state index in [4.69, 9.17) is 0 Å². The van der Waals surface area contributed by atoms with Crippen LogP contribution in [0.3, 0.4) is 0 Å². The van der Waals surface area contributed by atoms with Gasteiger partial charge in [0.25, 0.3) is 0 Å². The van der Waals surface area contributed by atoms with Gasteiger partial charge in [0, 0.05) is 23.4 Å². The number of aryl methyl sites for hydroxylation is 1. The molecule has 0 atom stereocenters. The molecule has 0 aliphatic rings. The first-order valence-corrected chi connectivity index (χ1v) is 6.16. The standard InChI is InChI=1S/C13H14BrN3/c1-3-6-15-13-16-7-8-17(13)12-9-10(2)4-5-11(12)14/h3-5,7-9H,1,6H2,2H3,(H,15,16). The summed E-state index contributed by atoms with van der Waals surface area (Å²) in [6, 6.07) is 6.23. The summed E-state index contributed by atoms with van der Waals surface area (Å²) in [5, 5.41) is 3.20. The highest BCUT2D eigenvalue weighted by Crippen LogP contribution is 2.24. The number of hydrogen-bond acceptors (Lipinski definition) is 2. The predicted octanol–water partition coefficient (Wildman–Crippen LogP) is 3.54. The van der Waals surface area contributed by atoms with Crippen LogP contribution in [0.25, 0.3) is 5.69 Å². The van der Waals surface area contributed by atoms with Gasteiger partial charge in [0.15, 0.2) is 0 Å². The molecule has 0 unspecified atom stereocenters. The van der Waals surface area contributed by atoms with Gasteiger partial charge >= 0.3 is 0 Å². The zero-order chi connectivity index (χ0) is 12.3. The van der Waals surface area contributed by atoms with Crippen LogP contribution in [0, 0.1) is 6.92 Å². The zero-order valence-corrected chi connectivity index (χ0v) is 11.2. The van der Waals surface area contributed by atoms with Crippen LogP contribution in [0.15, 0.2) is 47.7 Å². The van der Waals surface area contributed by atoms with Crippen LogP contribution in [0.4, 0.5) is 5.95 Å². The van der Waals surface area contributed by atoms with Crippen molar-refractivity contribution in [2.75, 3.05) is 11.9 Å². The number of benzene rings is 1. The van der Waals surface area contributed by atoms with Gasteiger partial charge in [-0.2, -0.15) is 0 Å². The highest BCUT2D eigenvalue weighted by Gasteiger charge is 2.07. The Balaban J connectivity index is 2.42. The van der Waals surface area contributed by atoms with E-state index in [0.29, 0.717) is 6.54 Å². The Hall–Kier alpha value is -1.55. The van der Waals surface area contributed by atoms with Gasteiger partial charge in [-0.05, 0) is 40.5 Å². The van der Waals surface area contributed by atoms with E-state index in [1.165, 1.54) is 5.56 Å². The van der Waals surface area contributed by atoms with Gasteiger partial charge in [0.2, 0.25) is 5.95 Å². The normalized spacial score (nSPS) is 10.2. The molecule has 1 aromatic heterocycles. The van der Waals surface area contributed by atoms with E-state index in [9.17, 15) is 0 Å². The number of hydrogen-bond donors (Lipinski definition) is 1. The lowest BCUT2D eigenvalue weighted by molar-refractivity contribution is 1.03. The van der Waals surface area contributed by atoms with Crippen molar-refractivity contribution in [3.63, 3.8) is 0 Å². The number of nitrogens with zero attached hydrogens (tertiary/aromatic N) is 2. The summed E-state index contributed by atoms with van der Waals surface area (Å²) in [6.45, 7) is 6.45. The number of aromatic nitrogens is 2. The molecule has 1 N–H and O–H groups in total. The summed E-state index contributed by atoms with van der Waals surface area (Å²) in [4.78, 5) is 4.28. The molecule has 0 aliphatic heterocycles. The summed E-state index contributed by atoms with van der Waals surface area (Å²) < 4.78 is 3.06. The van der Waals surface area contributed by atoms with E-state index >= 15 is 0 Å². The first-order chi connectivity index (χ1) is 8.22. The molecule has 17 heavy (non-hydrogen) atoms. The first-order valence-electron chi connectivity index (χ1n) is 5.37. The molecule has 0 bridgehead atoms. The Bertz CT molecular complexity index is 531. The molecule has 1 aromatic carbocycles. The van der Waals surface area contributed by atoms with Gasteiger partial charge < -0.3 is 5.32 Å². The average molecular weight is 292 g/mol. The molecule has 2 rings (SSSR count). The summed E-state index contributed by atoms with van der Waals surface area (Å²) >= 11 is 3.56. The summed E-state index contributed by atoms with van der Waals surface area (Å²) in [7, 11) is 0. The molecule has 88 valence electrons. The van der Waals surface area contributed by atoms with Crippen LogP contribution in [-0.4, -0.2) is 16.1 Å². The fourth-order valence-electron chi connectivity index (χ4n) is 1.60. The Kier molecular flexibility index (Phi) is 3.64. The van der Waals surface area contributed by atoms with Crippen molar-refractivity contribution in [1.82, 2.24) is 9.55 Å². The largest absolute Gasteiger partial charge is 0.352 e. The molecule has 0 saturated heterocycles. The molecular formula is C13H14BrN3. The second kappa shape index (κ2) is 5.19. The molecule has 0 amide bonds. The maximum atomic E-state index is 4.28. The third-order valence-corrected chi connectivity index (χ3v) is 3.08. The van der Waals surface area contributed by atoms with Crippen molar-refractivity contribution in [3.8, 4) is 5.69 Å². The minimum Gasteiger partial charge on any atom is -0.352 e. The second-order valence-corrected chi connectivity index (χ2v) is 4.60. The van der Waals surface area contributed by atoms with Gasteiger partial charge in [-0.25, -0.2) is 4.98 Å². The molecule has 0 spiro atoms. The Morgan fingerprint density at radius 2 is 2.35 bits per heavy atom. The predicted molar refractivity (Wildman–Crippen MR) is 74.7 cm³/mol. The Labute approximate surface area is 109 Å². The number of halogens is 1. The molecule has 2 aromatic rings. The van der Waals surface area contributed by atoms with Crippen molar-refractivity contribution in [3.05, 3.63) is 53.3 Å². The molecule has 0 saturated carbocycles. The SMILES string of the molecule is C=CCNc1nccn1-c1cc(C)ccc1Br. The van der Waals surface area contributed by atoms with Gasteiger partial charge in [0.05, 0.1) is 5.69 Å². The maximum absolute atomic E-state index is 4.28. The summed E-state index contributed by atoms with van der Waals surface area (Å²) in [5.74, 6) is 0.816. The van der Waals surface area contributed by atoms with E-state index < -0.39 is 0 Å². The smallest absolute Gasteiger partial charge is 0.207 e. The van der Waals surface area contributed by atoms with Gasteiger partial charge in [-0.3, -0.25) is 4.57 Å². The number of anilines is 1. The number of nitrogens with one attached hydrogen (secondary N) is 1. The topological polar surface area (TPSA) is 29.9 Å². The van der Waals surface area contributed by atoms with Crippen molar-refractivity contribution in [1.29, 1.82) is 0 Å². The van der Waals surface area contributed by atoms with Crippen molar-refractivity contribution in [2.45, 2.75) is 6.92 Å². The van der Waals surface area contributed by atoms with Crippen LogP contribution in [0.5, 0.6) is 0 Å². The van der Waals surface area contributed by atoms with Crippen LogP contribution < -0.4 is 5.32 Å². The van der Waals surface area contributed by atoms with Crippen LogP contribution >= 0.6 is 15.9 Å². The molecule has 0 fully saturated rings. The number of rotatable bonds is 4. The first kappa shape index (κ1) is 11.9. The van der Waals surface area contributed by atoms with Crippen LogP contribution in [0.1, 0.15) is 5.56 Å². The van der Waals surface area contributed by atoms with Crippen molar-refractivity contribution in [2.24, 2.45) is 0 Å². The lowest BCUT2D eigenvalue weighted by Crippen LogP contribution is -2.06. The van der Waals surface area contributed by atoms with Gasteiger partial charge in [-0.1, -0.05) is 12.1 Å². The molecular weight excluding hydrogens is 278 g/mol. The third kappa shape index (κ3) is 2.58. The van der Waals surface area contributed by atoms with Gasteiger partial charge in [0.1, 0.15) is 0 Å². The molecule has 1 heterocycles. The van der Waals surface area contributed by atoms with E-state index in [0.717, 1.165) is 16.1 Å². The highest BCUT2D eigenvalue weighted by atomic mass is 79.9. The molecule has 0 aliphatic carbocycles. The highest BCUT2D eigenvalue weighted by molar-refractivity contribution is 9.10. The lowest BCUT2D eigenvalue weighted by Gasteiger charge is -2.11. The second-order valence-electron chi connectivity index (χ2n) is 3.75. The Morgan fingerprint density at radius 1 is 1.53 bits per heavy atom. The summed E-state index contributed by atoms with van der Waals surface area (Å²) in [5.41, 5.74) is 2.29. The molecule has 0 radical (unpaired) electrons. The van der Waals surface area contributed by atoms with E-state index in [1.54, 1.807) is 6.20 Å². The van der Waals surface area contributed by atoms with E-state index in [-0.39, 0.29) is 0 Å². The number of imidazole rings is 1. The summed E-state index contributed by atoms with van der Waals surface area (Å²) in [6.07, 6.45) is 5.52. The third-order valence-electron chi connectivity index (χ3n) is 2.41. The van der Waals surface area contributed by atoms with Crippen molar-refractivity contribution >= 4 is 21.9 Å². The zero-order valence-electron chi connectivity index (χ0n) is 9.65. The molecule has 4 heteroatoms. The minimum absolute atomic E-state index is 0.695. The maximum Gasteiger partial charge on any atom is 0.207 e. The van der Waals surface area contributed by atoms with Gasteiger partial charge in [-0.15, -0.1) is 6.58 Å². The van der Waals surface area contributed by atoms with Crippen LogP contribution in [0.2, 0.25) is 0 Å².